The highest BCUT2D eigenvalue weighted by Gasteiger charge is 2.10. The highest BCUT2D eigenvalue weighted by atomic mass is 79.9. The van der Waals surface area contributed by atoms with Gasteiger partial charge in [0.25, 0.3) is 5.91 Å². The van der Waals surface area contributed by atoms with E-state index in [0.717, 1.165) is 23.0 Å². The average molecular weight is 323 g/mol. The minimum atomic E-state index is -0.0610. The first-order chi connectivity index (χ1) is 9.18. The molecule has 0 aliphatic heterocycles. The van der Waals surface area contributed by atoms with E-state index in [0.29, 0.717) is 12.1 Å². The summed E-state index contributed by atoms with van der Waals surface area (Å²) in [5, 5.41) is 10.5. The summed E-state index contributed by atoms with van der Waals surface area (Å²) in [6.07, 6.45) is 4.26. The first-order valence-corrected chi connectivity index (χ1v) is 6.85. The number of halogens is 1. The Kier molecular flexibility index (Phi) is 4.68. The molecule has 0 spiro atoms. The molecule has 2 rings (SSSR count). The average Bonchev–Trinajstić information content (AvgIpc) is 2.91. The SMILES string of the molecule is Cc1cccc(C(=O)NCCCn2ccnn2)c1Br. The van der Waals surface area contributed by atoms with Crippen molar-refractivity contribution in [2.45, 2.75) is 19.9 Å². The molecular formula is C13H15BrN4O. The second kappa shape index (κ2) is 6.47. The number of rotatable bonds is 5. The number of hydrogen-bond donors (Lipinski definition) is 1. The molecule has 2 aromatic rings. The van der Waals surface area contributed by atoms with Crippen LogP contribution in [0.15, 0.2) is 35.1 Å². The number of nitrogens with zero attached hydrogens (tertiary/aromatic N) is 3. The molecular weight excluding hydrogens is 308 g/mol. The van der Waals surface area contributed by atoms with E-state index in [2.05, 4.69) is 31.6 Å². The number of amides is 1. The summed E-state index contributed by atoms with van der Waals surface area (Å²) in [4.78, 5) is 12.0. The highest BCUT2D eigenvalue weighted by Crippen LogP contribution is 2.20. The zero-order valence-electron chi connectivity index (χ0n) is 10.6. The Labute approximate surface area is 120 Å². The van der Waals surface area contributed by atoms with Crippen LogP contribution in [0.1, 0.15) is 22.3 Å². The fraction of sp³-hybridized carbons (Fsp3) is 0.308. The summed E-state index contributed by atoms with van der Waals surface area (Å²) in [5.41, 5.74) is 1.72. The Bertz CT molecular complexity index is 554. The van der Waals surface area contributed by atoms with Crippen LogP contribution >= 0.6 is 15.9 Å². The molecule has 0 aliphatic rings. The minimum absolute atomic E-state index is 0.0610. The van der Waals surface area contributed by atoms with Gasteiger partial charge in [-0.05, 0) is 40.9 Å². The van der Waals surface area contributed by atoms with Gasteiger partial charge in [-0.1, -0.05) is 17.3 Å². The monoisotopic (exact) mass is 322 g/mol. The van der Waals surface area contributed by atoms with Crippen molar-refractivity contribution in [2.75, 3.05) is 6.54 Å². The van der Waals surface area contributed by atoms with Gasteiger partial charge >= 0.3 is 0 Å². The molecule has 0 saturated carbocycles. The molecule has 19 heavy (non-hydrogen) atoms. The van der Waals surface area contributed by atoms with Crippen molar-refractivity contribution < 1.29 is 4.79 Å². The van der Waals surface area contributed by atoms with Crippen molar-refractivity contribution >= 4 is 21.8 Å². The summed E-state index contributed by atoms with van der Waals surface area (Å²) < 4.78 is 2.60. The molecule has 0 saturated heterocycles. The van der Waals surface area contributed by atoms with Gasteiger partial charge in [0, 0.05) is 23.8 Å². The Hall–Kier alpha value is -1.69. The lowest BCUT2D eigenvalue weighted by Gasteiger charge is -2.08. The molecule has 5 nitrogen and oxygen atoms in total. The minimum Gasteiger partial charge on any atom is -0.352 e. The first kappa shape index (κ1) is 13.7. The molecule has 1 aromatic carbocycles. The zero-order chi connectivity index (χ0) is 13.7. The Morgan fingerprint density at radius 3 is 3.05 bits per heavy atom. The third-order valence-electron chi connectivity index (χ3n) is 2.76. The van der Waals surface area contributed by atoms with Crippen LogP contribution in [0.5, 0.6) is 0 Å². The van der Waals surface area contributed by atoms with Crippen LogP contribution in [0.2, 0.25) is 0 Å². The van der Waals surface area contributed by atoms with E-state index in [1.54, 1.807) is 17.1 Å². The van der Waals surface area contributed by atoms with E-state index in [9.17, 15) is 4.79 Å². The molecule has 0 atom stereocenters. The van der Waals surface area contributed by atoms with Crippen LogP contribution in [-0.2, 0) is 6.54 Å². The van der Waals surface area contributed by atoms with Crippen LogP contribution in [0.25, 0.3) is 0 Å². The number of carbonyl (C=O) groups excluding carboxylic acids is 1. The molecule has 0 unspecified atom stereocenters. The van der Waals surface area contributed by atoms with Gasteiger partial charge in [-0.25, -0.2) is 0 Å². The van der Waals surface area contributed by atoms with E-state index in [1.807, 2.05) is 25.1 Å². The molecule has 1 aromatic heterocycles. The maximum atomic E-state index is 12.0. The van der Waals surface area contributed by atoms with Gasteiger partial charge in [0.1, 0.15) is 0 Å². The van der Waals surface area contributed by atoms with Crippen LogP contribution in [0.4, 0.5) is 0 Å². The standard InChI is InChI=1S/C13H15BrN4O/c1-10-4-2-5-11(12(10)14)13(19)15-6-3-8-18-9-7-16-17-18/h2,4-5,7,9H,3,6,8H2,1H3,(H,15,19). The predicted molar refractivity (Wildman–Crippen MR) is 75.9 cm³/mol. The third-order valence-corrected chi connectivity index (χ3v) is 3.81. The third kappa shape index (κ3) is 3.64. The van der Waals surface area contributed by atoms with E-state index < -0.39 is 0 Å². The highest BCUT2D eigenvalue weighted by molar-refractivity contribution is 9.10. The van der Waals surface area contributed by atoms with Gasteiger partial charge in [-0.15, -0.1) is 5.10 Å². The summed E-state index contributed by atoms with van der Waals surface area (Å²) >= 11 is 3.44. The molecule has 100 valence electrons. The number of aromatic nitrogens is 3. The maximum Gasteiger partial charge on any atom is 0.252 e. The summed E-state index contributed by atoms with van der Waals surface area (Å²) in [6, 6.07) is 5.65. The number of aryl methyl sites for hydroxylation is 2. The summed E-state index contributed by atoms with van der Waals surface area (Å²) in [5.74, 6) is -0.0610. The first-order valence-electron chi connectivity index (χ1n) is 6.06. The molecule has 0 radical (unpaired) electrons. The summed E-state index contributed by atoms with van der Waals surface area (Å²) in [7, 11) is 0. The fourth-order valence-corrected chi connectivity index (χ4v) is 2.16. The van der Waals surface area contributed by atoms with Gasteiger partial charge in [-0.3, -0.25) is 9.48 Å². The topological polar surface area (TPSA) is 59.8 Å². The van der Waals surface area contributed by atoms with Gasteiger partial charge in [0.2, 0.25) is 0 Å². The van der Waals surface area contributed by atoms with E-state index in [1.165, 1.54) is 0 Å². The van der Waals surface area contributed by atoms with Crippen LogP contribution < -0.4 is 5.32 Å². The van der Waals surface area contributed by atoms with Crippen molar-refractivity contribution in [1.29, 1.82) is 0 Å². The Morgan fingerprint density at radius 2 is 2.32 bits per heavy atom. The van der Waals surface area contributed by atoms with Crippen LogP contribution in [0, 0.1) is 6.92 Å². The molecule has 6 heteroatoms. The van der Waals surface area contributed by atoms with E-state index in [4.69, 9.17) is 0 Å². The van der Waals surface area contributed by atoms with Crippen molar-refractivity contribution in [2.24, 2.45) is 0 Å². The number of carbonyl (C=O) groups is 1. The van der Waals surface area contributed by atoms with Crippen LogP contribution in [-0.4, -0.2) is 27.4 Å². The number of benzene rings is 1. The van der Waals surface area contributed by atoms with Gasteiger partial charge in [0.15, 0.2) is 0 Å². The normalized spacial score (nSPS) is 10.4. The number of hydrogen-bond acceptors (Lipinski definition) is 3. The van der Waals surface area contributed by atoms with Crippen molar-refractivity contribution in [1.82, 2.24) is 20.3 Å². The molecule has 0 aliphatic carbocycles. The smallest absolute Gasteiger partial charge is 0.252 e. The fourth-order valence-electron chi connectivity index (χ4n) is 1.71. The molecule has 0 bridgehead atoms. The lowest BCUT2D eigenvalue weighted by atomic mass is 10.1. The van der Waals surface area contributed by atoms with Gasteiger partial charge in [-0.2, -0.15) is 0 Å². The van der Waals surface area contributed by atoms with Crippen molar-refractivity contribution in [3.8, 4) is 0 Å². The second-order valence-electron chi connectivity index (χ2n) is 4.21. The van der Waals surface area contributed by atoms with E-state index in [-0.39, 0.29) is 5.91 Å². The van der Waals surface area contributed by atoms with E-state index >= 15 is 0 Å². The molecule has 0 fully saturated rings. The second-order valence-corrected chi connectivity index (χ2v) is 5.01. The molecule has 1 heterocycles. The lowest BCUT2D eigenvalue weighted by molar-refractivity contribution is 0.0951. The summed E-state index contributed by atoms with van der Waals surface area (Å²) in [6.45, 7) is 3.32. The maximum absolute atomic E-state index is 12.0. The molecule has 1 N–H and O–H groups in total. The Morgan fingerprint density at radius 1 is 1.47 bits per heavy atom. The Balaban J connectivity index is 1.83. The predicted octanol–water partition coefficient (Wildman–Crippen LogP) is 2.17. The quantitative estimate of drug-likeness (QED) is 0.858. The van der Waals surface area contributed by atoms with Gasteiger partial charge < -0.3 is 5.32 Å². The largest absolute Gasteiger partial charge is 0.352 e. The lowest BCUT2D eigenvalue weighted by Crippen LogP contribution is -2.25. The number of nitrogens with one attached hydrogen (secondary N) is 1. The van der Waals surface area contributed by atoms with Gasteiger partial charge in [0.05, 0.1) is 11.8 Å². The van der Waals surface area contributed by atoms with Crippen molar-refractivity contribution in [3.05, 3.63) is 46.2 Å². The van der Waals surface area contributed by atoms with Crippen molar-refractivity contribution in [3.63, 3.8) is 0 Å². The zero-order valence-corrected chi connectivity index (χ0v) is 12.2. The molecule has 1 amide bonds. The van der Waals surface area contributed by atoms with Crippen LogP contribution in [0.3, 0.4) is 0 Å².